The number of carbonyl (C=O) groups is 3. The van der Waals surface area contributed by atoms with Crippen LogP contribution in [0.3, 0.4) is 0 Å². The third-order valence-corrected chi connectivity index (χ3v) is 4.66. The molecular weight excluding hydrogens is 306 g/mol. The van der Waals surface area contributed by atoms with E-state index in [1.807, 2.05) is 58.0 Å². The smallest absolute Gasteiger partial charge is 0.325 e. The molecule has 0 unspecified atom stereocenters. The number of nitrogens with zero attached hydrogens (tertiary/aromatic N) is 1. The summed E-state index contributed by atoms with van der Waals surface area (Å²) in [6.45, 7) is 7.47. The highest BCUT2D eigenvalue weighted by Crippen LogP contribution is 2.32. The molecule has 1 aliphatic heterocycles. The van der Waals surface area contributed by atoms with Crippen LogP contribution in [0.25, 0.3) is 0 Å². The van der Waals surface area contributed by atoms with Crippen LogP contribution >= 0.6 is 0 Å². The van der Waals surface area contributed by atoms with E-state index in [4.69, 9.17) is 0 Å². The summed E-state index contributed by atoms with van der Waals surface area (Å²) in [5, 5.41) is 5.59. The zero-order valence-corrected chi connectivity index (χ0v) is 14.6. The van der Waals surface area contributed by atoms with Gasteiger partial charge >= 0.3 is 6.03 Å². The molecule has 2 rings (SSSR count). The van der Waals surface area contributed by atoms with Crippen LogP contribution in [0.5, 0.6) is 0 Å². The average molecular weight is 331 g/mol. The Balaban J connectivity index is 2.18. The van der Waals surface area contributed by atoms with Crippen LogP contribution in [0, 0.1) is 5.92 Å². The second kappa shape index (κ2) is 7.03. The van der Waals surface area contributed by atoms with E-state index in [0.717, 1.165) is 10.5 Å². The van der Waals surface area contributed by atoms with E-state index < -0.39 is 11.6 Å². The Kier molecular flexibility index (Phi) is 5.26. The van der Waals surface area contributed by atoms with E-state index in [1.165, 1.54) is 0 Å². The molecule has 1 aromatic carbocycles. The van der Waals surface area contributed by atoms with Crippen molar-refractivity contribution in [3.8, 4) is 0 Å². The minimum Gasteiger partial charge on any atom is -0.352 e. The Hall–Kier alpha value is -2.37. The van der Waals surface area contributed by atoms with Crippen molar-refractivity contribution in [1.29, 1.82) is 0 Å². The summed E-state index contributed by atoms with van der Waals surface area (Å²) in [5.74, 6) is -0.440. The summed E-state index contributed by atoms with van der Waals surface area (Å²) in [6.07, 6.45) is 0.419. The molecule has 130 valence electrons. The molecule has 24 heavy (non-hydrogen) atoms. The van der Waals surface area contributed by atoms with E-state index in [0.29, 0.717) is 6.42 Å². The van der Waals surface area contributed by atoms with Gasteiger partial charge in [-0.1, -0.05) is 51.1 Å². The number of hydrogen-bond donors (Lipinski definition) is 2. The third kappa shape index (κ3) is 3.27. The summed E-state index contributed by atoms with van der Waals surface area (Å²) in [4.78, 5) is 38.3. The van der Waals surface area contributed by atoms with E-state index in [9.17, 15) is 14.4 Å². The predicted octanol–water partition coefficient (Wildman–Crippen LogP) is 2.00. The van der Waals surface area contributed by atoms with Crippen molar-refractivity contribution in [2.24, 2.45) is 5.92 Å². The summed E-state index contributed by atoms with van der Waals surface area (Å²) in [5.41, 5.74) is -0.369. The van der Waals surface area contributed by atoms with E-state index >= 15 is 0 Å². The van der Waals surface area contributed by atoms with Crippen molar-refractivity contribution in [1.82, 2.24) is 15.5 Å². The number of urea groups is 1. The standard InChI is InChI=1S/C18H25N3O3/c1-5-18(14-9-7-6-8-10-14)16(23)21(17(24)20-18)11-15(22)19-13(4)12(2)3/h6-10,12-13H,5,11H2,1-4H3,(H,19,22)(H,20,24)/t13-,18+/m0/s1. The number of carbonyl (C=O) groups excluding carboxylic acids is 3. The number of hydrogen-bond acceptors (Lipinski definition) is 3. The first-order chi connectivity index (χ1) is 11.3. The normalized spacial score (nSPS) is 21.8. The molecule has 1 fully saturated rings. The highest BCUT2D eigenvalue weighted by Gasteiger charge is 2.51. The molecule has 0 spiro atoms. The van der Waals surface area contributed by atoms with Crippen molar-refractivity contribution < 1.29 is 14.4 Å². The molecular formula is C18H25N3O3. The summed E-state index contributed by atoms with van der Waals surface area (Å²) < 4.78 is 0. The van der Waals surface area contributed by atoms with Crippen LogP contribution in [-0.4, -0.2) is 35.3 Å². The highest BCUT2D eigenvalue weighted by atomic mass is 16.2. The van der Waals surface area contributed by atoms with Crippen LogP contribution in [-0.2, 0) is 15.1 Å². The van der Waals surface area contributed by atoms with Gasteiger partial charge in [0.2, 0.25) is 5.91 Å². The molecule has 1 heterocycles. The lowest BCUT2D eigenvalue weighted by atomic mass is 9.87. The fourth-order valence-electron chi connectivity index (χ4n) is 2.74. The van der Waals surface area contributed by atoms with E-state index in [2.05, 4.69) is 10.6 Å². The maximum atomic E-state index is 12.9. The second-order valence-electron chi connectivity index (χ2n) is 6.55. The largest absolute Gasteiger partial charge is 0.352 e. The van der Waals surface area contributed by atoms with Crippen LogP contribution in [0.15, 0.2) is 30.3 Å². The topological polar surface area (TPSA) is 78.5 Å². The lowest BCUT2D eigenvalue weighted by molar-refractivity contribution is -0.135. The predicted molar refractivity (Wildman–Crippen MR) is 91.1 cm³/mol. The fraction of sp³-hybridized carbons (Fsp3) is 0.500. The van der Waals surface area contributed by atoms with Crippen molar-refractivity contribution in [2.75, 3.05) is 6.54 Å². The average Bonchev–Trinajstić information content (AvgIpc) is 2.80. The number of nitrogens with one attached hydrogen (secondary N) is 2. The minimum atomic E-state index is -1.09. The van der Waals surface area contributed by atoms with Crippen LogP contribution in [0.1, 0.15) is 39.7 Å². The van der Waals surface area contributed by atoms with Crippen molar-refractivity contribution in [3.05, 3.63) is 35.9 Å². The molecule has 6 nitrogen and oxygen atoms in total. The maximum Gasteiger partial charge on any atom is 0.325 e. The van der Waals surface area contributed by atoms with Gasteiger partial charge in [0.05, 0.1) is 0 Å². The van der Waals surface area contributed by atoms with Gasteiger partial charge in [-0.05, 0) is 24.8 Å². The van der Waals surface area contributed by atoms with Gasteiger partial charge in [-0.15, -0.1) is 0 Å². The van der Waals surface area contributed by atoms with Gasteiger partial charge in [0.1, 0.15) is 12.1 Å². The summed E-state index contributed by atoms with van der Waals surface area (Å²) in [7, 11) is 0. The highest BCUT2D eigenvalue weighted by molar-refractivity contribution is 6.09. The van der Waals surface area contributed by atoms with Crippen LogP contribution < -0.4 is 10.6 Å². The Morgan fingerprint density at radius 1 is 1.21 bits per heavy atom. The Morgan fingerprint density at radius 2 is 1.83 bits per heavy atom. The summed E-state index contributed by atoms with van der Waals surface area (Å²) in [6, 6.07) is 8.57. The maximum absolute atomic E-state index is 12.9. The SMILES string of the molecule is CC[C@]1(c2ccccc2)NC(=O)N(CC(=O)N[C@@H](C)C(C)C)C1=O. The Morgan fingerprint density at radius 3 is 2.38 bits per heavy atom. The van der Waals surface area contributed by atoms with Gasteiger partial charge < -0.3 is 10.6 Å². The third-order valence-electron chi connectivity index (χ3n) is 4.66. The van der Waals surface area contributed by atoms with Crippen LogP contribution in [0.2, 0.25) is 0 Å². The lowest BCUT2D eigenvalue weighted by Gasteiger charge is -2.26. The van der Waals surface area contributed by atoms with Crippen molar-refractivity contribution in [2.45, 2.75) is 45.7 Å². The lowest BCUT2D eigenvalue weighted by Crippen LogP contribution is -2.46. The number of benzene rings is 1. The molecule has 2 N–H and O–H groups in total. The molecule has 1 aliphatic rings. The van der Waals surface area contributed by atoms with Gasteiger partial charge in [0.25, 0.3) is 5.91 Å². The molecule has 0 aromatic heterocycles. The quantitative estimate of drug-likeness (QED) is 0.783. The molecule has 6 heteroatoms. The molecule has 2 atom stereocenters. The first kappa shape index (κ1) is 18.0. The number of rotatable bonds is 6. The Bertz CT molecular complexity index is 630. The zero-order chi connectivity index (χ0) is 17.9. The summed E-state index contributed by atoms with van der Waals surface area (Å²) >= 11 is 0. The monoisotopic (exact) mass is 331 g/mol. The first-order valence-corrected chi connectivity index (χ1v) is 8.30. The molecule has 0 saturated carbocycles. The number of amides is 4. The van der Waals surface area contributed by atoms with Gasteiger partial charge in [0, 0.05) is 6.04 Å². The zero-order valence-electron chi connectivity index (χ0n) is 14.6. The number of imide groups is 1. The van der Waals surface area contributed by atoms with Gasteiger partial charge in [-0.25, -0.2) is 4.79 Å². The minimum absolute atomic E-state index is 0.0247. The van der Waals surface area contributed by atoms with Gasteiger partial charge in [0.15, 0.2) is 0 Å². The Labute approximate surface area is 142 Å². The molecule has 0 bridgehead atoms. The first-order valence-electron chi connectivity index (χ1n) is 8.30. The fourth-order valence-corrected chi connectivity index (χ4v) is 2.74. The second-order valence-corrected chi connectivity index (χ2v) is 6.55. The molecule has 0 radical (unpaired) electrons. The molecule has 1 aromatic rings. The molecule has 0 aliphatic carbocycles. The molecule has 4 amide bonds. The van der Waals surface area contributed by atoms with E-state index in [1.54, 1.807) is 0 Å². The van der Waals surface area contributed by atoms with Crippen molar-refractivity contribution >= 4 is 17.8 Å². The van der Waals surface area contributed by atoms with Gasteiger partial charge in [-0.3, -0.25) is 14.5 Å². The van der Waals surface area contributed by atoms with E-state index in [-0.39, 0.29) is 30.3 Å². The molecule has 1 saturated heterocycles. The van der Waals surface area contributed by atoms with Gasteiger partial charge in [-0.2, -0.15) is 0 Å². The van der Waals surface area contributed by atoms with Crippen LogP contribution in [0.4, 0.5) is 4.79 Å². The van der Waals surface area contributed by atoms with Crippen molar-refractivity contribution in [3.63, 3.8) is 0 Å².